The van der Waals surface area contributed by atoms with E-state index in [1.807, 2.05) is 19.1 Å². The summed E-state index contributed by atoms with van der Waals surface area (Å²) in [5.74, 6) is -0.527. The quantitative estimate of drug-likeness (QED) is 0.904. The average molecular weight is 330 g/mol. The fourth-order valence-corrected chi connectivity index (χ4v) is 3.86. The van der Waals surface area contributed by atoms with Gasteiger partial charge in [0.2, 0.25) is 0 Å². The molecule has 0 fully saturated rings. The van der Waals surface area contributed by atoms with Gasteiger partial charge in [0.1, 0.15) is 11.6 Å². The Hall–Kier alpha value is -1.94. The number of anilines is 1. The fourth-order valence-electron chi connectivity index (χ4n) is 3.86. The van der Waals surface area contributed by atoms with Crippen LogP contribution in [0.2, 0.25) is 0 Å². The minimum atomic E-state index is -0.568. The molecule has 4 heteroatoms. The zero-order chi connectivity index (χ0) is 17.5. The van der Waals surface area contributed by atoms with Crippen LogP contribution in [0.3, 0.4) is 0 Å². The van der Waals surface area contributed by atoms with Crippen molar-refractivity contribution in [2.75, 3.05) is 18.0 Å². The van der Waals surface area contributed by atoms with Gasteiger partial charge in [-0.25, -0.2) is 8.78 Å². The van der Waals surface area contributed by atoms with Gasteiger partial charge in [0, 0.05) is 12.0 Å². The maximum atomic E-state index is 14.7. The molecule has 2 nitrogen and oxygen atoms in total. The first-order valence-corrected chi connectivity index (χ1v) is 8.32. The van der Waals surface area contributed by atoms with Crippen LogP contribution in [0.1, 0.15) is 38.3 Å². The summed E-state index contributed by atoms with van der Waals surface area (Å²) in [5, 5.41) is 0. The molecule has 1 unspecified atom stereocenters. The first-order chi connectivity index (χ1) is 11.3. The standard InChI is InChI=1S/C20H24F2N2/c1-19(2)13-24(18-16(19)8-5-9-17(18)22)20(3,10-11-23)14-6-4-7-15(21)12-14/h4-9,12H,10-11,13,23H2,1-3H3. The van der Waals surface area contributed by atoms with Crippen molar-refractivity contribution in [1.29, 1.82) is 0 Å². The largest absolute Gasteiger partial charge is 0.359 e. The Morgan fingerprint density at radius 2 is 1.88 bits per heavy atom. The van der Waals surface area contributed by atoms with Crippen molar-refractivity contribution in [3.8, 4) is 0 Å². The van der Waals surface area contributed by atoms with Crippen LogP contribution in [-0.4, -0.2) is 13.1 Å². The number of hydrogen-bond acceptors (Lipinski definition) is 2. The smallest absolute Gasteiger partial charge is 0.146 e. The van der Waals surface area contributed by atoms with Crippen molar-refractivity contribution in [3.05, 3.63) is 65.2 Å². The Morgan fingerprint density at radius 3 is 2.54 bits per heavy atom. The lowest BCUT2D eigenvalue weighted by molar-refractivity contribution is 0.387. The molecule has 0 aromatic heterocycles. The predicted molar refractivity (Wildman–Crippen MR) is 94.2 cm³/mol. The zero-order valence-corrected chi connectivity index (χ0v) is 14.4. The summed E-state index contributed by atoms with van der Waals surface area (Å²) < 4.78 is 28.5. The highest BCUT2D eigenvalue weighted by Crippen LogP contribution is 2.48. The molecule has 1 aliphatic rings. The van der Waals surface area contributed by atoms with Crippen molar-refractivity contribution >= 4 is 5.69 Å². The van der Waals surface area contributed by atoms with Crippen LogP contribution in [0.4, 0.5) is 14.5 Å². The number of para-hydroxylation sites is 1. The van der Waals surface area contributed by atoms with E-state index in [2.05, 4.69) is 18.7 Å². The Bertz CT molecular complexity index is 757. The van der Waals surface area contributed by atoms with Gasteiger partial charge in [0.25, 0.3) is 0 Å². The molecule has 1 atom stereocenters. The van der Waals surface area contributed by atoms with E-state index in [4.69, 9.17) is 5.73 Å². The summed E-state index contributed by atoms with van der Waals surface area (Å²) in [6.45, 7) is 7.34. The molecule has 24 heavy (non-hydrogen) atoms. The van der Waals surface area contributed by atoms with E-state index in [1.165, 1.54) is 18.2 Å². The third kappa shape index (κ3) is 2.59. The van der Waals surface area contributed by atoms with Crippen LogP contribution in [0, 0.1) is 11.6 Å². The fraction of sp³-hybridized carbons (Fsp3) is 0.400. The third-order valence-corrected chi connectivity index (χ3v) is 5.21. The third-order valence-electron chi connectivity index (χ3n) is 5.21. The molecule has 1 heterocycles. The number of nitrogens with zero attached hydrogens (tertiary/aromatic N) is 1. The summed E-state index contributed by atoms with van der Waals surface area (Å²) in [5.41, 5.74) is 7.54. The minimum Gasteiger partial charge on any atom is -0.359 e. The number of fused-ring (bicyclic) bond motifs is 1. The van der Waals surface area contributed by atoms with Crippen molar-refractivity contribution < 1.29 is 8.78 Å². The molecule has 2 aromatic rings. The number of halogens is 2. The highest BCUT2D eigenvalue weighted by Gasteiger charge is 2.45. The maximum absolute atomic E-state index is 14.7. The summed E-state index contributed by atoms with van der Waals surface area (Å²) in [4.78, 5) is 2.07. The first-order valence-electron chi connectivity index (χ1n) is 8.32. The van der Waals surface area contributed by atoms with E-state index >= 15 is 0 Å². The van der Waals surface area contributed by atoms with Crippen LogP contribution < -0.4 is 10.6 Å². The van der Waals surface area contributed by atoms with Crippen molar-refractivity contribution in [3.63, 3.8) is 0 Å². The second-order valence-corrected chi connectivity index (χ2v) is 7.43. The maximum Gasteiger partial charge on any atom is 0.146 e. The van der Waals surface area contributed by atoms with Crippen LogP contribution >= 0.6 is 0 Å². The molecular weight excluding hydrogens is 306 g/mol. The van der Waals surface area contributed by atoms with Gasteiger partial charge in [0.05, 0.1) is 11.2 Å². The molecule has 1 aliphatic heterocycles. The molecule has 0 saturated carbocycles. The van der Waals surface area contributed by atoms with E-state index in [0.29, 0.717) is 25.2 Å². The molecular formula is C20H24F2N2. The molecule has 0 aliphatic carbocycles. The van der Waals surface area contributed by atoms with Crippen LogP contribution in [0.25, 0.3) is 0 Å². The minimum absolute atomic E-state index is 0.180. The number of benzene rings is 2. The normalized spacial score (nSPS) is 18.3. The Morgan fingerprint density at radius 1 is 1.17 bits per heavy atom. The van der Waals surface area contributed by atoms with Gasteiger partial charge in [-0.2, -0.15) is 0 Å². The van der Waals surface area contributed by atoms with Gasteiger partial charge in [-0.1, -0.05) is 38.1 Å². The summed E-state index contributed by atoms with van der Waals surface area (Å²) in [6.07, 6.45) is 0.611. The van der Waals surface area contributed by atoms with Crippen LogP contribution in [0.5, 0.6) is 0 Å². The summed E-state index contributed by atoms with van der Waals surface area (Å²) in [6, 6.07) is 11.8. The van der Waals surface area contributed by atoms with Gasteiger partial charge < -0.3 is 10.6 Å². The summed E-state index contributed by atoms with van der Waals surface area (Å²) in [7, 11) is 0. The van der Waals surface area contributed by atoms with Crippen molar-refractivity contribution in [2.24, 2.45) is 5.73 Å². The number of hydrogen-bond donors (Lipinski definition) is 1. The molecule has 0 saturated heterocycles. The van der Waals surface area contributed by atoms with Gasteiger partial charge in [-0.3, -0.25) is 0 Å². The lowest BCUT2D eigenvalue weighted by atomic mass is 9.85. The summed E-state index contributed by atoms with van der Waals surface area (Å²) >= 11 is 0. The predicted octanol–water partition coefficient (Wildman–Crippen LogP) is 4.33. The van der Waals surface area contributed by atoms with E-state index in [9.17, 15) is 8.78 Å². The Kier molecular flexibility index (Phi) is 4.12. The van der Waals surface area contributed by atoms with Gasteiger partial charge >= 0.3 is 0 Å². The van der Waals surface area contributed by atoms with Crippen LogP contribution in [0.15, 0.2) is 42.5 Å². The molecule has 2 aromatic carbocycles. The topological polar surface area (TPSA) is 29.3 Å². The Labute approximate surface area is 142 Å². The SMILES string of the molecule is CC1(C)CN(C(C)(CCN)c2cccc(F)c2)c2c(F)cccc21. The van der Waals surface area contributed by atoms with E-state index in [1.54, 1.807) is 12.1 Å². The first kappa shape index (κ1) is 16.9. The lowest BCUT2D eigenvalue weighted by Crippen LogP contribution is -2.46. The van der Waals surface area contributed by atoms with Gasteiger partial charge in [0.15, 0.2) is 0 Å². The molecule has 0 bridgehead atoms. The molecule has 0 amide bonds. The second kappa shape index (κ2) is 5.85. The van der Waals surface area contributed by atoms with Crippen molar-refractivity contribution in [1.82, 2.24) is 0 Å². The average Bonchev–Trinajstić information content (AvgIpc) is 2.81. The van der Waals surface area contributed by atoms with E-state index in [-0.39, 0.29) is 17.0 Å². The molecule has 2 N–H and O–H groups in total. The molecule has 0 radical (unpaired) electrons. The number of rotatable bonds is 4. The lowest BCUT2D eigenvalue weighted by Gasteiger charge is -2.42. The monoisotopic (exact) mass is 330 g/mol. The molecule has 0 spiro atoms. The highest BCUT2D eigenvalue weighted by atomic mass is 19.1. The molecule has 3 rings (SSSR count). The number of nitrogens with two attached hydrogens (primary N) is 1. The van der Waals surface area contributed by atoms with Crippen LogP contribution in [-0.2, 0) is 11.0 Å². The highest BCUT2D eigenvalue weighted by molar-refractivity contribution is 5.65. The second-order valence-electron chi connectivity index (χ2n) is 7.43. The van der Waals surface area contributed by atoms with Gasteiger partial charge in [-0.05, 0) is 49.2 Å². The van der Waals surface area contributed by atoms with Crippen molar-refractivity contribution in [2.45, 2.75) is 38.1 Å². The molecule has 128 valence electrons. The van der Waals surface area contributed by atoms with Gasteiger partial charge in [-0.15, -0.1) is 0 Å². The zero-order valence-electron chi connectivity index (χ0n) is 14.4. The Balaban J connectivity index is 2.18. The van der Waals surface area contributed by atoms with E-state index < -0.39 is 5.54 Å². The van der Waals surface area contributed by atoms with E-state index in [0.717, 1.165) is 11.1 Å².